The van der Waals surface area contributed by atoms with Crippen molar-refractivity contribution in [3.8, 4) is 6.07 Å². The number of rotatable bonds is 4. The van der Waals surface area contributed by atoms with Crippen LogP contribution in [0.25, 0.3) is 10.2 Å². The van der Waals surface area contributed by atoms with Gasteiger partial charge in [-0.1, -0.05) is 37.3 Å². The molecule has 1 aromatic carbocycles. The van der Waals surface area contributed by atoms with Gasteiger partial charge < -0.3 is 16.2 Å². The lowest BCUT2D eigenvalue weighted by Gasteiger charge is -2.06. The summed E-state index contributed by atoms with van der Waals surface area (Å²) in [5.41, 5.74) is 14.2. The summed E-state index contributed by atoms with van der Waals surface area (Å²) in [5.74, 6) is -0.360. The minimum Gasteiger partial charge on any atom is -0.457 e. The maximum atomic E-state index is 12.4. The van der Waals surface area contributed by atoms with E-state index in [0.717, 1.165) is 16.9 Å². The van der Waals surface area contributed by atoms with E-state index in [0.29, 0.717) is 33.5 Å². The van der Waals surface area contributed by atoms with Crippen molar-refractivity contribution in [2.45, 2.75) is 20.0 Å². The van der Waals surface area contributed by atoms with Gasteiger partial charge >= 0.3 is 5.97 Å². The monoisotopic (exact) mass is 352 g/mol. The van der Waals surface area contributed by atoms with Gasteiger partial charge in [-0.2, -0.15) is 5.26 Å². The number of nitrogens with two attached hydrogens (primary N) is 2. The third-order valence-electron chi connectivity index (χ3n) is 3.87. The summed E-state index contributed by atoms with van der Waals surface area (Å²) in [6.45, 7) is 2.06. The number of fused-ring (bicyclic) bond motifs is 1. The van der Waals surface area contributed by atoms with Crippen LogP contribution in [0.1, 0.15) is 33.3 Å². The number of benzene rings is 1. The van der Waals surface area contributed by atoms with Gasteiger partial charge in [0.25, 0.3) is 0 Å². The van der Waals surface area contributed by atoms with Crippen molar-refractivity contribution in [3.63, 3.8) is 0 Å². The first kappa shape index (κ1) is 16.7. The van der Waals surface area contributed by atoms with E-state index in [9.17, 15) is 10.1 Å². The van der Waals surface area contributed by atoms with Crippen LogP contribution in [0.3, 0.4) is 0 Å². The maximum Gasteiger partial charge on any atom is 0.350 e. The number of hydrogen-bond acceptors (Lipinski definition) is 7. The van der Waals surface area contributed by atoms with E-state index in [1.807, 2.05) is 37.3 Å². The highest BCUT2D eigenvalue weighted by molar-refractivity contribution is 7.21. The minimum atomic E-state index is -0.511. The van der Waals surface area contributed by atoms with E-state index in [-0.39, 0.29) is 17.3 Å². The molecule has 6 nitrogen and oxygen atoms in total. The number of thiophene rings is 1. The predicted octanol–water partition coefficient (Wildman–Crippen LogP) is 3.25. The number of carbonyl (C=O) groups excluding carboxylic acids is 1. The maximum absolute atomic E-state index is 12.4. The molecule has 3 rings (SSSR count). The van der Waals surface area contributed by atoms with Crippen LogP contribution >= 0.6 is 11.3 Å². The van der Waals surface area contributed by atoms with Crippen molar-refractivity contribution >= 4 is 39.0 Å². The molecular weight excluding hydrogens is 336 g/mol. The Morgan fingerprint density at radius 3 is 2.68 bits per heavy atom. The molecule has 2 heterocycles. The minimum absolute atomic E-state index is 0.150. The van der Waals surface area contributed by atoms with Crippen LogP contribution < -0.4 is 11.5 Å². The number of ether oxygens (including phenoxy) is 1. The molecule has 25 heavy (non-hydrogen) atoms. The van der Waals surface area contributed by atoms with Gasteiger partial charge in [-0.05, 0) is 17.5 Å². The van der Waals surface area contributed by atoms with Crippen molar-refractivity contribution in [3.05, 3.63) is 51.9 Å². The Bertz CT molecular complexity index is 990. The zero-order chi connectivity index (χ0) is 18.0. The quantitative estimate of drug-likeness (QED) is 0.696. The summed E-state index contributed by atoms with van der Waals surface area (Å²) < 4.78 is 5.35. The lowest BCUT2D eigenvalue weighted by Crippen LogP contribution is -2.06. The number of anilines is 2. The second-order valence-electron chi connectivity index (χ2n) is 5.40. The molecule has 7 heteroatoms. The molecule has 3 aromatic rings. The van der Waals surface area contributed by atoms with E-state index >= 15 is 0 Å². The molecule has 0 saturated heterocycles. The zero-order valence-electron chi connectivity index (χ0n) is 13.6. The van der Waals surface area contributed by atoms with E-state index in [4.69, 9.17) is 16.2 Å². The molecular formula is C18H16N4O2S. The molecule has 126 valence electrons. The molecule has 0 atom stereocenters. The second kappa shape index (κ2) is 6.79. The molecule has 0 aliphatic carbocycles. The van der Waals surface area contributed by atoms with Gasteiger partial charge in [-0.15, -0.1) is 11.3 Å². The first-order valence-electron chi connectivity index (χ1n) is 7.68. The van der Waals surface area contributed by atoms with Crippen molar-refractivity contribution in [2.24, 2.45) is 0 Å². The number of pyridine rings is 1. The van der Waals surface area contributed by atoms with Gasteiger partial charge in [0.1, 0.15) is 28.2 Å². The number of nitrogen functional groups attached to an aromatic ring is 2. The van der Waals surface area contributed by atoms with Crippen LogP contribution in [0, 0.1) is 11.3 Å². The molecule has 0 fully saturated rings. The van der Waals surface area contributed by atoms with Crippen LogP contribution in [-0.2, 0) is 17.8 Å². The Morgan fingerprint density at radius 2 is 2.04 bits per heavy atom. The standard InChI is InChI=1S/C18H16N4O2S/c1-2-11-12(8-19)16(21)22-17-13(11)14(20)15(25-17)18(23)24-9-10-6-4-3-5-7-10/h3-7H,2,9,20H2,1H3,(H2,21,22). The predicted molar refractivity (Wildman–Crippen MR) is 98.1 cm³/mol. The summed E-state index contributed by atoms with van der Waals surface area (Å²) >= 11 is 1.13. The molecule has 0 spiro atoms. The molecule has 0 aliphatic heterocycles. The van der Waals surface area contributed by atoms with Crippen molar-refractivity contribution < 1.29 is 9.53 Å². The van der Waals surface area contributed by atoms with Crippen LogP contribution in [0.4, 0.5) is 11.5 Å². The van der Waals surface area contributed by atoms with Crippen molar-refractivity contribution in [1.82, 2.24) is 4.98 Å². The average molecular weight is 352 g/mol. The summed E-state index contributed by atoms with van der Waals surface area (Å²) in [5, 5.41) is 9.92. The number of esters is 1. The van der Waals surface area contributed by atoms with Gasteiger partial charge in [0.05, 0.1) is 11.3 Å². The van der Waals surface area contributed by atoms with E-state index < -0.39 is 5.97 Å². The highest BCUT2D eigenvalue weighted by Crippen LogP contribution is 2.38. The van der Waals surface area contributed by atoms with Crippen LogP contribution in [0.2, 0.25) is 0 Å². The third-order valence-corrected chi connectivity index (χ3v) is 4.95. The Balaban J connectivity index is 1.99. The largest absolute Gasteiger partial charge is 0.457 e. The molecule has 0 radical (unpaired) electrons. The highest BCUT2D eigenvalue weighted by Gasteiger charge is 2.23. The second-order valence-corrected chi connectivity index (χ2v) is 6.40. The van der Waals surface area contributed by atoms with Gasteiger partial charge in [-0.3, -0.25) is 0 Å². The fourth-order valence-corrected chi connectivity index (χ4v) is 3.69. The van der Waals surface area contributed by atoms with Crippen molar-refractivity contribution in [1.29, 1.82) is 5.26 Å². The van der Waals surface area contributed by atoms with Crippen molar-refractivity contribution in [2.75, 3.05) is 11.5 Å². The lowest BCUT2D eigenvalue weighted by atomic mass is 10.0. The molecule has 0 bridgehead atoms. The third kappa shape index (κ3) is 2.99. The number of aromatic nitrogens is 1. The van der Waals surface area contributed by atoms with E-state index in [1.165, 1.54) is 0 Å². The van der Waals surface area contributed by atoms with E-state index in [1.54, 1.807) is 0 Å². The van der Waals surface area contributed by atoms with Gasteiger partial charge in [-0.25, -0.2) is 9.78 Å². The fraction of sp³-hybridized carbons (Fsp3) is 0.167. The fourth-order valence-electron chi connectivity index (χ4n) is 2.67. The summed E-state index contributed by atoms with van der Waals surface area (Å²) in [4.78, 5) is 17.5. The van der Waals surface area contributed by atoms with Crippen LogP contribution in [0.15, 0.2) is 30.3 Å². The van der Waals surface area contributed by atoms with Crippen LogP contribution in [0.5, 0.6) is 0 Å². The Hall–Kier alpha value is -3.11. The first-order chi connectivity index (χ1) is 12.1. The number of nitrogens with zero attached hydrogens (tertiary/aromatic N) is 2. The number of carbonyl (C=O) groups is 1. The molecule has 0 amide bonds. The van der Waals surface area contributed by atoms with Gasteiger partial charge in [0.15, 0.2) is 0 Å². The molecule has 0 aliphatic rings. The summed E-state index contributed by atoms with van der Waals surface area (Å²) in [6.07, 6.45) is 0.561. The molecule has 4 N–H and O–H groups in total. The lowest BCUT2D eigenvalue weighted by molar-refractivity contribution is 0.0480. The van der Waals surface area contributed by atoms with Gasteiger partial charge in [0.2, 0.25) is 0 Å². The Morgan fingerprint density at radius 1 is 1.32 bits per heavy atom. The smallest absolute Gasteiger partial charge is 0.350 e. The zero-order valence-corrected chi connectivity index (χ0v) is 14.4. The Labute approximate surface area is 148 Å². The first-order valence-corrected chi connectivity index (χ1v) is 8.49. The van der Waals surface area contributed by atoms with Gasteiger partial charge in [0, 0.05) is 5.39 Å². The molecule has 2 aromatic heterocycles. The topological polar surface area (TPSA) is 115 Å². The number of aryl methyl sites for hydroxylation is 1. The molecule has 0 unspecified atom stereocenters. The number of hydrogen-bond donors (Lipinski definition) is 2. The summed E-state index contributed by atoms with van der Waals surface area (Å²) in [7, 11) is 0. The van der Waals surface area contributed by atoms with E-state index in [2.05, 4.69) is 11.1 Å². The average Bonchev–Trinajstić information content (AvgIpc) is 2.95. The Kier molecular flexibility index (Phi) is 4.55. The normalized spacial score (nSPS) is 10.6. The summed E-state index contributed by atoms with van der Waals surface area (Å²) in [6, 6.07) is 11.5. The number of nitriles is 1. The molecule has 0 saturated carbocycles. The highest BCUT2D eigenvalue weighted by atomic mass is 32.1. The SMILES string of the molecule is CCc1c(C#N)c(N)nc2sc(C(=O)OCc3ccccc3)c(N)c12. The van der Waals surface area contributed by atoms with Crippen LogP contribution in [-0.4, -0.2) is 11.0 Å².